The highest BCUT2D eigenvalue weighted by atomic mass is 32.2. The van der Waals surface area contributed by atoms with Crippen molar-refractivity contribution in [3.05, 3.63) is 70.4 Å². The molecular formula is C24H26FN3O4S. The molecule has 0 saturated carbocycles. The smallest absolute Gasteiger partial charge is 0.293 e. The number of rotatable bonds is 10. The summed E-state index contributed by atoms with van der Waals surface area (Å²) in [5.74, 6) is -0.364. The van der Waals surface area contributed by atoms with Crippen LogP contribution in [0.4, 0.5) is 9.18 Å². The Kier molecular flexibility index (Phi) is 8.62. The van der Waals surface area contributed by atoms with E-state index in [4.69, 9.17) is 4.74 Å². The summed E-state index contributed by atoms with van der Waals surface area (Å²) in [5, 5.41) is 2.27. The van der Waals surface area contributed by atoms with Crippen LogP contribution in [0.15, 0.2) is 53.4 Å². The summed E-state index contributed by atoms with van der Waals surface area (Å²) < 4.78 is 19.6. The third kappa shape index (κ3) is 6.90. The van der Waals surface area contributed by atoms with Crippen LogP contribution in [0.1, 0.15) is 11.1 Å². The first-order chi connectivity index (χ1) is 15.8. The standard InChI is InChI=1S/C24H26FN3O4S/c1-17-7-3-6-10-20(17)32-14-13-27(2)16-22(29)26-11-12-28-23(30)21(33-24(28)31)15-18-8-4-5-9-19(18)25/h3-10,15H,11-14,16H2,1-2H3,(H,26,29)/b21-15-. The van der Waals surface area contributed by atoms with Crippen molar-refractivity contribution in [2.24, 2.45) is 0 Å². The second-order valence-corrected chi connectivity index (χ2v) is 8.55. The van der Waals surface area contributed by atoms with Gasteiger partial charge in [0.1, 0.15) is 18.2 Å². The summed E-state index contributed by atoms with van der Waals surface area (Å²) in [5.41, 5.74) is 1.29. The van der Waals surface area contributed by atoms with Crippen LogP contribution in [0, 0.1) is 12.7 Å². The Labute approximate surface area is 196 Å². The highest BCUT2D eigenvalue weighted by Gasteiger charge is 2.34. The molecule has 174 valence electrons. The second-order valence-electron chi connectivity index (χ2n) is 7.56. The number of likely N-dealkylation sites (N-methyl/N-ethyl adjacent to an activating group) is 1. The van der Waals surface area contributed by atoms with Crippen LogP contribution in [-0.4, -0.2) is 66.7 Å². The van der Waals surface area contributed by atoms with E-state index in [1.165, 1.54) is 18.2 Å². The molecule has 0 bridgehead atoms. The molecule has 2 aromatic carbocycles. The minimum absolute atomic E-state index is 0.0468. The Morgan fingerprint density at radius 3 is 2.67 bits per heavy atom. The lowest BCUT2D eigenvalue weighted by Crippen LogP contribution is -2.41. The Bertz CT molecular complexity index is 1060. The van der Waals surface area contributed by atoms with Gasteiger partial charge < -0.3 is 10.1 Å². The van der Waals surface area contributed by atoms with E-state index >= 15 is 0 Å². The molecule has 1 N–H and O–H groups in total. The van der Waals surface area contributed by atoms with Gasteiger partial charge in [-0.1, -0.05) is 36.4 Å². The highest BCUT2D eigenvalue weighted by molar-refractivity contribution is 8.18. The lowest BCUT2D eigenvalue weighted by atomic mass is 10.2. The first-order valence-electron chi connectivity index (χ1n) is 10.5. The van der Waals surface area contributed by atoms with Gasteiger partial charge >= 0.3 is 0 Å². The van der Waals surface area contributed by atoms with E-state index < -0.39 is 17.0 Å². The number of carbonyl (C=O) groups excluding carboxylic acids is 3. The van der Waals surface area contributed by atoms with E-state index in [0.717, 1.165) is 28.0 Å². The van der Waals surface area contributed by atoms with Crippen LogP contribution in [0.3, 0.4) is 0 Å². The summed E-state index contributed by atoms with van der Waals surface area (Å²) in [6.45, 7) is 3.32. The Morgan fingerprint density at radius 1 is 1.18 bits per heavy atom. The Balaban J connectivity index is 1.40. The number of halogens is 1. The lowest BCUT2D eigenvalue weighted by Gasteiger charge is -2.18. The van der Waals surface area contributed by atoms with Crippen molar-refractivity contribution in [1.82, 2.24) is 15.1 Å². The van der Waals surface area contributed by atoms with Crippen molar-refractivity contribution < 1.29 is 23.5 Å². The number of para-hydroxylation sites is 1. The maximum atomic E-state index is 13.8. The summed E-state index contributed by atoms with van der Waals surface area (Å²) in [6, 6.07) is 13.8. The van der Waals surface area contributed by atoms with Crippen molar-refractivity contribution in [2.75, 3.05) is 39.8 Å². The number of nitrogens with zero attached hydrogens (tertiary/aromatic N) is 2. The van der Waals surface area contributed by atoms with Gasteiger partial charge in [-0.05, 0) is 49.5 Å². The fourth-order valence-electron chi connectivity index (χ4n) is 3.14. The van der Waals surface area contributed by atoms with E-state index in [-0.39, 0.29) is 36.0 Å². The van der Waals surface area contributed by atoms with Gasteiger partial charge in [0.05, 0.1) is 11.4 Å². The molecule has 0 atom stereocenters. The molecule has 1 fully saturated rings. The van der Waals surface area contributed by atoms with Gasteiger partial charge in [0.25, 0.3) is 11.1 Å². The number of amides is 3. The molecule has 7 nitrogen and oxygen atoms in total. The highest BCUT2D eigenvalue weighted by Crippen LogP contribution is 2.32. The van der Waals surface area contributed by atoms with Gasteiger partial charge in [0.15, 0.2) is 0 Å². The number of thioether (sulfide) groups is 1. The van der Waals surface area contributed by atoms with Crippen molar-refractivity contribution in [3.8, 4) is 5.75 Å². The van der Waals surface area contributed by atoms with Gasteiger partial charge in [0, 0.05) is 25.2 Å². The minimum atomic E-state index is -0.493. The van der Waals surface area contributed by atoms with Gasteiger partial charge in [0.2, 0.25) is 5.91 Å². The van der Waals surface area contributed by atoms with E-state index in [9.17, 15) is 18.8 Å². The van der Waals surface area contributed by atoms with Crippen molar-refractivity contribution in [1.29, 1.82) is 0 Å². The molecule has 0 radical (unpaired) electrons. The second kappa shape index (κ2) is 11.6. The molecule has 9 heteroatoms. The van der Waals surface area contributed by atoms with E-state index in [1.54, 1.807) is 12.1 Å². The van der Waals surface area contributed by atoms with Gasteiger partial charge in [-0.15, -0.1) is 0 Å². The van der Waals surface area contributed by atoms with E-state index in [2.05, 4.69) is 5.32 Å². The summed E-state index contributed by atoms with van der Waals surface area (Å²) in [7, 11) is 1.81. The van der Waals surface area contributed by atoms with Gasteiger partial charge in [-0.2, -0.15) is 0 Å². The molecule has 2 aromatic rings. The molecule has 3 rings (SSSR count). The maximum Gasteiger partial charge on any atom is 0.293 e. The number of carbonyl (C=O) groups is 3. The molecule has 33 heavy (non-hydrogen) atoms. The largest absolute Gasteiger partial charge is 0.492 e. The fourth-order valence-corrected chi connectivity index (χ4v) is 4.00. The molecular weight excluding hydrogens is 445 g/mol. The SMILES string of the molecule is Cc1ccccc1OCCN(C)CC(=O)NCCN1C(=O)S/C(=C\c2ccccc2F)C1=O. The molecule has 1 aliphatic heterocycles. The van der Waals surface area contributed by atoms with Gasteiger partial charge in [-0.3, -0.25) is 24.2 Å². The van der Waals surface area contributed by atoms with E-state index in [0.29, 0.717) is 13.2 Å². The summed E-state index contributed by atoms with van der Waals surface area (Å²) in [4.78, 5) is 39.9. The molecule has 0 spiro atoms. The Morgan fingerprint density at radius 2 is 1.91 bits per heavy atom. The summed E-state index contributed by atoms with van der Waals surface area (Å²) in [6.07, 6.45) is 1.37. The number of nitrogens with one attached hydrogen (secondary N) is 1. The quantitative estimate of drug-likeness (QED) is 0.536. The number of hydrogen-bond acceptors (Lipinski definition) is 6. The van der Waals surface area contributed by atoms with Crippen molar-refractivity contribution in [3.63, 3.8) is 0 Å². The van der Waals surface area contributed by atoms with Crippen molar-refractivity contribution >= 4 is 34.9 Å². The third-order valence-electron chi connectivity index (χ3n) is 4.96. The maximum absolute atomic E-state index is 13.8. The predicted octanol–water partition coefficient (Wildman–Crippen LogP) is 3.30. The normalized spacial score (nSPS) is 14.9. The van der Waals surface area contributed by atoms with Crippen LogP contribution in [0.5, 0.6) is 5.75 Å². The average molecular weight is 472 g/mol. The zero-order chi connectivity index (χ0) is 23.8. The number of ether oxygens (including phenoxy) is 1. The molecule has 0 aliphatic carbocycles. The number of imide groups is 1. The Hall–Kier alpha value is -3.17. The lowest BCUT2D eigenvalue weighted by molar-refractivity contribution is -0.124. The van der Waals surface area contributed by atoms with Crippen LogP contribution >= 0.6 is 11.8 Å². The van der Waals surface area contributed by atoms with Crippen LogP contribution < -0.4 is 10.1 Å². The van der Waals surface area contributed by atoms with Gasteiger partial charge in [-0.25, -0.2) is 4.39 Å². The average Bonchev–Trinajstić information content (AvgIpc) is 3.04. The monoisotopic (exact) mass is 471 g/mol. The topological polar surface area (TPSA) is 79.0 Å². The molecule has 0 aromatic heterocycles. The summed E-state index contributed by atoms with van der Waals surface area (Å²) >= 11 is 0.760. The van der Waals surface area contributed by atoms with Crippen molar-refractivity contribution in [2.45, 2.75) is 6.92 Å². The van der Waals surface area contributed by atoms with Crippen LogP contribution in [0.2, 0.25) is 0 Å². The first-order valence-corrected chi connectivity index (χ1v) is 11.3. The molecule has 1 saturated heterocycles. The molecule has 1 aliphatic rings. The molecule has 1 heterocycles. The third-order valence-corrected chi connectivity index (χ3v) is 5.87. The number of aryl methyl sites for hydroxylation is 1. The number of hydrogen-bond donors (Lipinski definition) is 1. The minimum Gasteiger partial charge on any atom is -0.492 e. The van der Waals surface area contributed by atoms with Crippen LogP contribution in [0.25, 0.3) is 6.08 Å². The number of benzene rings is 2. The fraction of sp³-hybridized carbons (Fsp3) is 0.292. The first kappa shape index (κ1) is 24.5. The predicted molar refractivity (Wildman–Crippen MR) is 126 cm³/mol. The molecule has 3 amide bonds. The molecule has 0 unspecified atom stereocenters. The van der Waals surface area contributed by atoms with Crippen LogP contribution in [-0.2, 0) is 9.59 Å². The zero-order valence-corrected chi connectivity index (χ0v) is 19.4. The van der Waals surface area contributed by atoms with E-state index in [1.807, 2.05) is 43.1 Å². The zero-order valence-electron chi connectivity index (χ0n) is 18.5.